The lowest BCUT2D eigenvalue weighted by molar-refractivity contribution is -0.138. The van der Waals surface area contributed by atoms with Gasteiger partial charge in [-0.25, -0.2) is 4.98 Å². The molecule has 6 nitrogen and oxygen atoms in total. The Hall–Kier alpha value is -3.23. The highest BCUT2D eigenvalue weighted by molar-refractivity contribution is 5.71. The van der Waals surface area contributed by atoms with Gasteiger partial charge in [-0.1, -0.05) is 0 Å². The number of rotatable bonds is 3. The maximum atomic E-state index is 13.4. The molecule has 0 aliphatic carbocycles. The summed E-state index contributed by atoms with van der Waals surface area (Å²) in [6.45, 7) is 4.59. The molecular weight excluding hydrogens is 361 g/mol. The highest BCUT2D eigenvalue weighted by Gasteiger charge is 2.35. The number of aromatic amines is 1. The van der Waals surface area contributed by atoms with Crippen LogP contribution in [0.1, 0.15) is 22.5 Å². The fourth-order valence-electron chi connectivity index (χ4n) is 2.68. The van der Waals surface area contributed by atoms with E-state index in [2.05, 4.69) is 20.2 Å². The molecule has 0 amide bonds. The first-order chi connectivity index (χ1) is 12.7. The molecule has 0 unspecified atom stereocenters. The summed E-state index contributed by atoms with van der Waals surface area (Å²) in [4.78, 5) is 18.7. The van der Waals surface area contributed by atoms with E-state index in [1.807, 2.05) is 0 Å². The van der Waals surface area contributed by atoms with Crippen LogP contribution in [-0.4, -0.2) is 20.2 Å². The Morgan fingerprint density at radius 3 is 2.52 bits per heavy atom. The van der Waals surface area contributed by atoms with Crippen LogP contribution in [0.3, 0.4) is 0 Å². The lowest BCUT2D eigenvalue weighted by atomic mass is 10.0. The summed E-state index contributed by atoms with van der Waals surface area (Å²) < 4.78 is 45.8. The number of halogens is 3. The molecule has 0 aliphatic heterocycles. The van der Waals surface area contributed by atoms with Crippen molar-refractivity contribution in [1.82, 2.24) is 20.2 Å². The molecule has 0 fully saturated rings. The van der Waals surface area contributed by atoms with Gasteiger partial charge in [0.25, 0.3) is 0 Å². The Kier molecular flexibility index (Phi) is 4.69. The molecule has 0 atom stereocenters. The van der Waals surface area contributed by atoms with Crippen LogP contribution in [0.4, 0.5) is 13.2 Å². The summed E-state index contributed by atoms with van der Waals surface area (Å²) >= 11 is 0. The normalized spacial score (nSPS) is 11.5. The van der Waals surface area contributed by atoms with Crippen molar-refractivity contribution in [2.45, 2.75) is 26.9 Å². The Morgan fingerprint density at radius 2 is 1.89 bits per heavy atom. The topological polar surface area (TPSA) is 80.8 Å². The van der Waals surface area contributed by atoms with E-state index < -0.39 is 11.7 Å². The highest BCUT2D eigenvalue weighted by Crippen LogP contribution is 2.40. The number of ether oxygens (including phenoxy) is 1. The van der Waals surface area contributed by atoms with Gasteiger partial charge in [-0.05, 0) is 26.3 Å². The van der Waals surface area contributed by atoms with Crippen molar-refractivity contribution < 1.29 is 17.9 Å². The second kappa shape index (κ2) is 6.82. The molecular formula is C18H15F3N4O2. The van der Waals surface area contributed by atoms with Gasteiger partial charge in [0.1, 0.15) is 5.69 Å². The molecule has 0 aromatic carbocycles. The van der Waals surface area contributed by atoms with Gasteiger partial charge in [0.05, 0.1) is 23.0 Å². The number of alkyl halides is 3. The summed E-state index contributed by atoms with van der Waals surface area (Å²) in [5.41, 5.74) is -0.161. The predicted octanol–water partition coefficient (Wildman–Crippen LogP) is 3.96. The lowest BCUT2D eigenvalue weighted by Crippen LogP contribution is -2.11. The molecule has 140 valence electrons. The van der Waals surface area contributed by atoms with E-state index in [0.717, 1.165) is 0 Å². The molecule has 0 bridgehead atoms. The summed E-state index contributed by atoms with van der Waals surface area (Å²) in [6.07, 6.45) is -2.48. The maximum absolute atomic E-state index is 13.4. The summed E-state index contributed by atoms with van der Waals surface area (Å²) in [6, 6.07) is 4.08. The molecule has 3 aromatic heterocycles. The van der Waals surface area contributed by atoms with Gasteiger partial charge in [0.15, 0.2) is 11.2 Å². The van der Waals surface area contributed by atoms with Gasteiger partial charge in [0, 0.05) is 30.1 Å². The van der Waals surface area contributed by atoms with E-state index in [0.29, 0.717) is 23.3 Å². The zero-order valence-corrected chi connectivity index (χ0v) is 14.7. The van der Waals surface area contributed by atoms with E-state index >= 15 is 0 Å². The van der Waals surface area contributed by atoms with Gasteiger partial charge >= 0.3 is 6.18 Å². The number of hydrogen-bond donors (Lipinski definition) is 1. The Labute approximate surface area is 152 Å². The Balaban J connectivity index is 2.26. The number of nitrogens with zero attached hydrogens (tertiary/aromatic N) is 3. The zero-order chi connectivity index (χ0) is 19.8. The van der Waals surface area contributed by atoms with Crippen molar-refractivity contribution in [3.8, 4) is 22.9 Å². The molecule has 3 aromatic rings. The van der Waals surface area contributed by atoms with Crippen LogP contribution in [0.5, 0.6) is 11.6 Å². The lowest BCUT2D eigenvalue weighted by Gasteiger charge is -2.18. The van der Waals surface area contributed by atoms with E-state index in [4.69, 9.17) is 4.74 Å². The van der Waals surface area contributed by atoms with Crippen LogP contribution in [-0.2, 0) is 6.18 Å². The number of hydrogen-bond acceptors (Lipinski definition) is 5. The van der Waals surface area contributed by atoms with E-state index in [1.165, 1.54) is 31.3 Å². The third kappa shape index (κ3) is 3.81. The Bertz CT molecular complexity index is 1060. The second-order valence-corrected chi connectivity index (χ2v) is 5.97. The Morgan fingerprint density at radius 1 is 1.15 bits per heavy atom. The minimum atomic E-state index is -4.59. The van der Waals surface area contributed by atoms with Gasteiger partial charge in [-0.2, -0.15) is 23.4 Å². The van der Waals surface area contributed by atoms with Crippen molar-refractivity contribution in [2.75, 3.05) is 0 Å². The maximum Gasteiger partial charge on any atom is 0.418 e. The van der Waals surface area contributed by atoms with Crippen molar-refractivity contribution >= 4 is 0 Å². The zero-order valence-electron chi connectivity index (χ0n) is 14.7. The predicted molar refractivity (Wildman–Crippen MR) is 91.6 cm³/mol. The number of aromatic nitrogens is 4. The summed E-state index contributed by atoms with van der Waals surface area (Å²) in [7, 11) is 0. The second-order valence-electron chi connectivity index (χ2n) is 5.97. The van der Waals surface area contributed by atoms with Crippen LogP contribution < -0.4 is 10.2 Å². The highest BCUT2D eigenvalue weighted by atomic mass is 19.4. The van der Waals surface area contributed by atoms with Crippen molar-refractivity contribution in [1.29, 1.82) is 0 Å². The first-order valence-corrected chi connectivity index (χ1v) is 7.91. The van der Waals surface area contributed by atoms with E-state index in [9.17, 15) is 18.0 Å². The SMILES string of the molecule is Cc1cc(=O)cc(-c2c(Oc3ccnnc3C)ncc(C(F)(F)F)c2C)[nH]1. The summed E-state index contributed by atoms with van der Waals surface area (Å²) in [5, 5.41) is 7.55. The van der Waals surface area contributed by atoms with Crippen molar-refractivity contribution in [3.05, 3.63) is 63.3 Å². The number of pyridine rings is 2. The monoisotopic (exact) mass is 376 g/mol. The van der Waals surface area contributed by atoms with Crippen LogP contribution in [0, 0.1) is 20.8 Å². The minimum Gasteiger partial charge on any atom is -0.436 e. The van der Waals surface area contributed by atoms with Gasteiger partial charge in [0.2, 0.25) is 5.88 Å². The van der Waals surface area contributed by atoms with Crippen LogP contribution >= 0.6 is 0 Å². The standard InChI is InChI=1S/C18H15F3N4O2/c1-9-6-12(26)7-14(24-9)16-10(2)13(18(19,20)21)8-22-17(16)27-15-4-5-23-25-11(15)3/h4-8H,1-3H3,(H,24,26). The minimum absolute atomic E-state index is 0.0573. The number of H-pyrrole nitrogens is 1. The molecule has 0 saturated heterocycles. The van der Waals surface area contributed by atoms with E-state index in [1.54, 1.807) is 13.8 Å². The smallest absolute Gasteiger partial charge is 0.418 e. The number of aryl methyl sites for hydroxylation is 2. The first kappa shape index (κ1) is 18.6. The quantitative estimate of drug-likeness (QED) is 0.748. The summed E-state index contributed by atoms with van der Waals surface area (Å²) in [5.74, 6) is 0.228. The molecule has 3 heterocycles. The first-order valence-electron chi connectivity index (χ1n) is 7.91. The molecule has 1 N–H and O–H groups in total. The average molecular weight is 376 g/mol. The molecule has 0 saturated carbocycles. The molecule has 0 spiro atoms. The largest absolute Gasteiger partial charge is 0.436 e. The average Bonchev–Trinajstić information content (AvgIpc) is 2.55. The van der Waals surface area contributed by atoms with Gasteiger partial charge in [-0.3, -0.25) is 4.79 Å². The fraction of sp³-hybridized carbons (Fsp3) is 0.222. The molecule has 9 heteroatoms. The van der Waals surface area contributed by atoms with E-state index in [-0.39, 0.29) is 28.1 Å². The van der Waals surface area contributed by atoms with Crippen molar-refractivity contribution in [3.63, 3.8) is 0 Å². The van der Waals surface area contributed by atoms with Crippen molar-refractivity contribution in [2.24, 2.45) is 0 Å². The third-order valence-electron chi connectivity index (χ3n) is 3.92. The van der Waals surface area contributed by atoms with Crippen LogP contribution in [0.15, 0.2) is 35.4 Å². The molecule has 27 heavy (non-hydrogen) atoms. The fourth-order valence-corrected chi connectivity index (χ4v) is 2.68. The number of nitrogens with one attached hydrogen (secondary N) is 1. The van der Waals surface area contributed by atoms with Crippen LogP contribution in [0.25, 0.3) is 11.3 Å². The molecule has 3 rings (SSSR count). The van der Waals surface area contributed by atoms with Gasteiger partial charge < -0.3 is 9.72 Å². The molecule has 0 aliphatic rings. The third-order valence-corrected chi connectivity index (χ3v) is 3.92. The van der Waals surface area contributed by atoms with Crippen LogP contribution in [0.2, 0.25) is 0 Å². The van der Waals surface area contributed by atoms with Gasteiger partial charge in [-0.15, -0.1) is 0 Å². The molecule has 0 radical (unpaired) electrons.